The van der Waals surface area contributed by atoms with E-state index in [1.807, 2.05) is 19.1 Å². The van der Waals surface area contributed by atoms with Gasteiger partial charge in [-0.05, 0) is 31.4 Å². The highest BCUT2D eigenvalue weighted by Gasteiger charge is 2.10. The minimum absolute atomic E-state index is 0.0195. The lowest BCUT2D eigenvalue weighted by Crippen LogP contribution is -2.34. The second kappa shape index (κ2) is 8.43. The van der Waals surface area contributed by atoms with Gasteiger partial charge in [-0.1, -0.05) is 19.1 Å². The second-order valence-corrected chi connectivity index (χ2v) is 5.57. The molecule has 0 saturated heterocycles. The van der Waals surface area contributed by atoms with Crippen molar-refractivity contribution in [2.75, 3.05) is 6.61 Å². The number of hydrogen-bond donors (Lipinski definition) is 3. The van der Waals surface area contributed by atoms with Crippen LogP contribution < -0.4 is 10.9 Å². The molecule has 0 aliphatic rings. The Labute approximate surface area is 135 Å². The van der Waals surface area contributed by atoms with Crippen molar-refractivity contribution in [1.82, 2.24) is 15.3 Å². The van der Waals surface area contributed by atoms with E-state index in [1.54, 1.807) is 12.1 Å². The van der Waals surface area contributed by atoms with Gasteiger partial charge in [-0.15, -0.1) is 0 Å². The second-order valence-electron chi connectivity index (χ2n) is 5.57. The van der Waals surface area contributed by atoms with Gasteiger partial charge in [0.2, 0.25) is 5.91 Å². The van der Waals surface area contributed by atoms with Gasteiger partial charge in [0.25, 0.3) is 5.56 Å². The molecule has 1 aromatic heterocycles. The van der Waals surface area contributed by atoms with Gasteiger partial charge < -0.3 is 15.4 Å². The smallest absolute Gasteiger partial charge is 0.258 e. The highest BCUT2D eigenvalue weighted by molar-refractivity contribution is 5.77. The van der Waals surface area contributed by atoms with E-state index in [0.29, 0.717) is 42.4 Å². The number of para-hydroxylation sites is 1. The maximum atomic E-state index is 12.0. The van der Waals surface area contributed by atoms with Gasteiger partial charge >= 0.3 is 0 Å². The highest BCUT2D eigenvalue weighted by atomic mass is 16.3. The van der Waals surface area contributed by atoms with Crippen molar-refractivity contribution in [3.63, 3.8) is 0 Å². The average molecular weight is 317 g/mol. The molecule has 0 aliphatic carbocycles. The van der Waals surface area contributed by atoms with Crippen LogP contribution in [0, 0.1) is 0 Å². The first-order chi connectivity index (χ1) is 11.1. The molecule has 1 aromatic carbocycles. The number of H-pyrrole nitrogens is 1. The van der Waals surface area contributed by atoms with Gasteiger partial charge in [0, 0.05) is 25.5 Å². The Balaban J connectivity index is 1.89. The molecule has 0 fully saturated rings. The number of rotatable bonds is 8. The Hall–Kier alpha value is -2.21. The number of amides is 1. The SMILES string of the molecule is CCC(CCO)NC(=O)CCCc1nc2ccccc2c(=O)[nH]1. The molecule has 2 rings (SSSR count). The molecule has 124 valence electrons. The van der Waals surface area contributed by atoms with Crippen LogP contribution in [0.1, 0.15) is 38.4 Å². The van der Waals surface area contributed by atoms with Gasteiger partial charge in [-0.3, -0.25) is 9.59 Å². The molecular weight excluding hydrogens is 294 g/mol. The zero-order valence-corrected chi connectivity index (χ0v) is 13.3. The van der Waals surface area contributed by atoms with Gasteiger partial charge in [-0.2, -0.15) is 0 Å². The standard InChI is InChI=1S/C17H23N3O3/c1-2-12(10-11-21)18-16(22)9-5-8-15-19-14-7-4-3-6-13(14)17(23)20-15/h3-4,6-7,12,21H,2,5,8-11H2,1H3,(H,18,22)(H,19,20,23). The summed E-state index contributed by atoms with van der Waals surface area (Å²) in [6.07, 6.45) is 2.90. The van der Waals surface area contributed by atoms with Gasteiger partial charge in [0.05, 0.1) is 10.9 Å². The van der Waals surface area contributed by atoms with Crippen LogP contribution >= 0.6 is 0 Å². The van der Waals surface area contributed by atoms with Gasteiger partial charge in [0.1, 0.15) is 5.82 Å². The predicted molar refractivity (Wildman–Crippen MR) is 89.2 cm³/mol. The van der Waals surface area contributed by atoms with E-state index < -0.39 is 0 Å². The molecule has 1 atom stereocenters. The normalized spacial score (nSPS) is 12.3. The van der Waals surface area contributed by atoms with Crippen molar-refractivity contribution in [1.29, 1.82) is 0 Å². The van der Waals surface area contributed by atoms with E-state index >= 15 is 0 Å². The summed E-state index contributed by atoms with van der Waals surface area (Å²) in [4.78, 5) is 31.0. The Morgan fingerprint density at radius 3 is 2.91 bits per heavy atom. The van der Waals surface area contributed by atoms with E-state index in [0.717, 1.165) is 6.42 Å². The lowest BCUT2D eigenvalue weighted by molar-refractivity contribution is -0.122. The van der Waals surface area contributed by atoms with Crippen molar-refractivity contribution < 1.29 is 9.90 Å². The molecule has 1 heterocycles. The van der Waals surface area contributed by atoms with Crippen molar-refractivity contribution in [3.05, 3.63) is 40.4 Å². The minimum Gasteiger partial charge on any atom is -0.396 e. The molecular formula is C17H23N3O3. The first-order valence-electron chi connectivity index (χ1n) is 8.02. The number of aromatic nitrogens is 2. The molecule has 1 amide bonds. The number of nitrogens with zero attached hydrogens (tertiary/aromatic N) is 1. The number of aliphatic hydroxyl groups excluding tert-OH is 1. The molecule has 6 nitrogen and oxygen atoms in total. The lowest BCUT2D eigenvalue weighted by atomic mass is 10.1. The first kappa shape index (κ1) is 17.1. The zero-order chi connectivity index (χ0) is 16.7. The maximum Gasteiger partial charge on any atom is 0.258 e. The zero-order valence-electron chi connectivity index (χ0n) is 13.3. The van der Waals surface area contributed by atoms with Crippen LogP contribution in [-0.2, 0) is 11.2 Å². The van der Waals surface area contributed by atoms with Gasteiger partial charge in [-0.25, -0.2) is 4.98 Å². The highest BCUT2D eigenvalue weighted by Crippen LogP contribution is 2.07. The summed E-state index contributed by atoms with van der Waals surface area (Å²) >= 11 is 0. The van der Waals surface area contributed by atoms with Crippen LogP contribution in [-0.4, -0.2) is 33.6 Å². The van der Waals surface area contributed by atoms with Crippen LogP contribution in [0.4, 0.5) is 0 Å². The fourth-order valence-corrected chi connectivity index (χ4v) is 2.50. The number of benzene rings is 1. The quantitative estimate of drug-likeness (QED) is 0.688. The molecule has 0 saturated carbocycles. The number of hydrogen-bond acceptors (Lipinski definition) is 4. The molecule has 0 radical (unpaired) electrons. The molecule has 3 N–H and O–H groups in total. The minimum atomic E-state index is -0.149. The Kier molecular flexibility index (Phi) is 6.29. The molecule has 0 bridgehead atoms. The fourth-order valence-electron chi connectivity index (χ4n) is 2.50. The largest absolute Gasteiger partial charge is 0.396 e. The van der Waals surface area contributed by atoms with Crippen LogP contribution in [0.2, 0.25) is 0 Å². The number of carbonyl (C=O) groups is 1. The molecule has 6 heteroatoms. The summed E-state index contributed by atoms with van der Waals surface area (Å²) < 4.78 is 0. The summed E-state index contributed by atoms with van der Waals surface area (Å²) in [6.45, 7) is 2.05. The first-order valence-corrected chi connectivity index (χ1v) is 8.02. The molecule has 23 heavy (non-hydrogen) atoms. The summed E-state index contributed by atoms with van der Waals surface area (Å²) in [5.41, 5.74) is 0.522. The lowest BCUT2D eigenvalue weighted by Gasteiger charge is -2.15. The number of aliphatic hydroxyl groups is 1. The van der Waals surface area contributed by atoms with Crippen molar-refractivity contribution in [2.24, 2.45) is 0 Å². The summed E-state index contributed by atoms with van der Waals surface area (Å²) in [6, 6.07) is 7.22. The van der Waals surface area contributed by atoms with E-state index in [2.05, 4.69) is 15.3 Å². The predicted octanol–water partition coefficient (Wildman–Crippen LogP) is 1.52. The number of aromatic amines is 1. The van der Waals surface area contributed by atoms with Crippen molar-refractivity contribution in [2.45, 2.75) is 45.1 Å². The van der Waals surface area contributed by atoms with E-state index in [4.69, 9.17) is 5.11 Å². The van der Waals surface area contributed by atoms with Crippen LogP contribution in [0.25, 0.3) is 10.9 Å². The van der Waals surface area contributed by atoms with Crippen LogP contribution in [0.3, 0.4) is 0 Å². The Morgan fingerprint density at radius 2 is 2.17 bits per heavy atom. The van der Waals surface area contributed by atoms with E-state index in [1.165, 1.54) is 0 Å². The summed E-state index contributed by atoms with van der Waals surface area (Å²) in [7, 11) is 0. The average Bonchev–Trinajstić information content (AvgIpc) is 2.54. The molecule has 0 aliphatic heterocycles. The fraction of sp³-hybridized carbons (Fsp3) is 0.471. The maximum absolute atomic E-state index is 12.0. The van der Waals surface area contributed by atoms with Gasteiger partial charge in [0.15, 0.2) is 0 Å². The molecule has 1 unspecified atom stereocenters. The third-order valence-corrected chi connectivity index (χ3v) is 3.81. The monoisotopic (exact) mass is 317 g/mol. The molecule has 0 spiro atoms. The van der Waals surface area contributed by atoms with E-state index in [-0.39, 0.29) is 24.1 Å². The van der Waals surface area contributed by atoms with Crippen molar-refractivity contribution >= 4 is 16.8 Å². The number of nitrogens with one attached hydrogen (secondary N) is 2. The van der Waals surface area contributed by atoms with E-state index in [9.17, 15) is 9.59 Å². The third kappa shape index (κ3) is 4.89. The number of carbonyl (C=O) groups excluding carboxylic acids is 1. The number of fused-ring (bicyclic) bond motifs is 1. The Morgan fingerprint density at radius 1 is 1.39 bits per heavy atom. The third-order valence-electron chi connectivity index (χ3n) is 3.81. The molecule has 2 aromatic rings. The number of aryl methyl sites for hydroxylation is 1. The van der Waals surface area contributed by atoms with Crippen LogP contribution in [0.5, 0.6) is 0 Å². The van der Waals surface area contributed by atoms with Crippen molar-refractivity contribution in [3.8, 4) is 0 Å². The summed E-state index contributed by atoms with van der Waals surface area (Å²) in [5.74, 6) is 0.567. The Bertz CT molecular complexity index is 712. The topological polar surface area (TPSA) is 95.1 Å². The summed E-state index contributed by atoms with van der Waals surface area (Å²) in [5, 5.41) is 12.4. The van der Waals surface area contributed by atoms with Crippen LogP contribution in [0.15, 0.2) is 29.1 Å².